The number of rotatable bonds is 2. The number of para-hydroxylation sites is 1. The molecule has 1 heterocycles. The molecule has 0 amide bonds. The van der Waals surface area contributed by atoms with E-state index in [4.69, 9.17) is 9.47 Å². The average Bonchev–Trinajstić information content (AvgIpc) is 2.49. The Morgan fingerprint density at radius 2 is 1.60 bits per heavy atom. The van der Waals surface area contributed by atoms with Gasteiger partial charge in [-0.3, -0.25) is 14.6 Å². The van der Waals surface area contributed by atoms with Gasteiger partial charge in [-0.05, 0) is 6.07 Å². The largest absolute Gasteiger partial charge is 0.489 e. The highest BCUT2D eigenvalue weighted by atomic mass is 16.5. The molecule has 0 atom stereocenters. The number of ether oxygens (including phenoxy) is 2. The molecule has 0 saturated heterocycles. The third kappa shape index (κ3) is 1.53. The van der Waals surface area contributed by atoms with E-state index in [1.165, 1.54) is 20.4 Å². The first kappa shape index (κ1) is 12.3. The monoisotopic (exact) mass is 269 g/mol. The van der Waals surface area contributed by atoms with Crippen molar-refractivity contribution < 1.29 is 19.1 Å². The molecule has 3 rings (SSSR count). The third-order valence-electron chi connectivity index (χ3n) is 3.27. The maximum Gasteiger partial charge on any atom is 0.233 e. The van der Waals surface area contributed by atoms with Gasteiger partial charge in [-0.25, -0.2) is 0 Å². The maximum absolute atomic E-state index is 12.5. The summed E-state index contributed by atoms with van der Waals surface area (Å²) in [6.07, 6.45) is 1.41. The van der Waals surface area contributed by atoms with Crippen LogP contribution in [0.3, 0.4) is 0 Å². The Morgan fingerprint density at radius 1 is 0.950 bits per heavy atom. The molecule has 0 radical (unpaired) electrons. The molecule has 0 saturated carbocycles. The van der Waals surface area contributed by atoms with Gasteiger partial charge in [-0.2, -0.15) is 0 Å². The number of hydrogen-bond acceptors (Lipinski definition) is 5. The van der Waals surface area contributed by atoms with Crippen LogP contribution in [0, 0.1) is 0 Å². The van der Waals surface area contributed by atoms with Crippen molar-refractivity contribution in [2.45, 2.75) is 0 Å². The predicted octanol–water partition coefficient (Wildman–Crippen LogP) is 2.12. The number of pyridine rings is 1. The molecule has 1 aromatic carbocycles. The van der Waals surface area contributed by atoms with Gasteiger partial charge in [0.25, 0.3) is 0 Å². The lowest BCUT2D eigenvalue weighted by molar-refractivity contribution is 0.0830. The number of ketones is 2. The summed E-state index contributed by atoms with van der Waals surface area (Å²) < 4.78 is 10.0. The van der Waals surface area contributed by atoms with E-state index in [2.05, 4.69) is 4.98 Å². The van der Waals surface area contributed by atoms with Crippen LogP contribution >= 0.6 is 0 Å². The number of methoxy groups -OCH3 is 2. The van der Waals surface area contributed by atoms with Crippen molar-refractivity contribution in [1.29, 1.82) is 0 Å². The molecule has 0 bridgehead atoms. The Balaban J connectivity index is 2.38. The van der Waals surface area contributed by atoms with Gasteiger partial charge in [-0.15, -0.1) is 0 Å². The second kappa shape index (κ2) is 4.45. The van der Waals surface area contributed by atoms with Crippen molar-refractivity contribution in [2.24, 2.45) is 0 Å². The van der Waals surface area contributed by atoms with Crippen LogP contribution in [-0.2, 0) is 9.47 Å². The van der Waals surface area contributed by atoms with Crippen molar-refractivity contribution >= 4 is 22.5 Å². The molecular formula is C15H11NO4. The highest BCUT2D eigenvalue weighted by molar-refractivity contribution is 6.29. The summed E-state index contributed by atoms with van der Waals surface area (Å²) in [7, 11) is 2.67. The SMILES string of the molecule is COC1=C(OC)C(=O)c2c(cnc3ccccc23)C1=O. The number of nitrogens with zero attached hydrogens (tertiary/aromatic N) is 1. The molecule has 0 aliphatic heterocycles. The predicted molar refractivity (Wildman–Crippen MR) is 71.4 cm³/mol. The lowest BCUT2D eigenvalue weighted by Gasteiger charge is -2.19. The molecule has 1 aromatic heterocycles. The minimum Gasteiger partial charge on any atom is -0.489 e. The quantitative estimate of drug-likeness (QED) is 0.835. The summed E-state index contributed by atoms with van der Waals surface area (Å²) in [5.74, 6) is -0.904. The van der Waals surface area contributed by atoms with E-state index in [0.717, 1.165) is 0 Å². The lowest BCUT2D eigenvalue weighted by Crippen LogP contribution is -2.24. The van der Waals surface area contributed by atoms with Crippen molar-refractivity contribution in [3.63, 3.8) is 0 Å². The number of carbonyl (C=O) groups is 2. The maximum atomic E-state index is 12.5. The normalized spacial score (nSPS) is 14.5. The number of fused-ring (bicyclic) bond motifs is 3. The summed E-state index contributed by atoms with van der Waals surface area (Å²) in [6.45, 7) is 0. The molecule has 0 spiro atoms. The van der Waals surface area contributed by atoms with Crippen LogP contribution in [0.15, 0.2) is 42.0 Å². The standard InChI is InChI=1S/C15H11NO4/c1-19-14-12(17)9-7-16-10-6-4-3-5-8(10)11(9)13(18)15(14)20-2/h3-7H,1-2H3. The fourth-order valence-corrected chi connectivity index (χ4v) is 2.37. The van der Waals surface area contributed by atoms with Gasteiger partial charge >= 0.3 is 0 Å². The Hall–Kier alpha value is -2.69. The summed E-state index contributed by atoms with van der Waals surface area (Å²) >= 11 is 0. The lowest BCUT2D eigenvalue weighted by atomic mass is 9.90. The summed E-state index contributed by atoms with van der Waals surface area (Å²) in [5.41, 5.74) is 1.22. The summed E-state index contributed by atoms with van der Waals surface area (Å²) in [5, 5.41) is 0.632. The van der Waals surface area contributed by atoms with Crippen molar-refractivity contribution in [1.82, 2.24) is 4.98 Å². The van der Waals surface area contributed by atoms with Gasteiger partial charge in [0.2, 0.25) is 23.1 Å². The smallest absolute Gasteiger partial charge is 0.233 e. The van der Waals surface area contributed by atoms with E-state index in [0.29, 0.717) is 16.5 Å². The molecular weight excluding hydrogens is 258 g/mol. The number of allylic oxidation sites excluding steroid dienone is 2. The molecule has 5 nitrogen and oxygen atoms in total. The van der Waals surface area contributed by atoms with Crippen molar-refractivity contribution in [3.8, 4) is 0 Å². The second-order valence-electron chi connectivity index (χ2n) is 4.29. The minimum atomic E-state index is -0.391. The number of aromatic nitrogens is 1. The Kier molecular flexibility index (Phi) is 2.75. The van der Waals surface area contributed by atoms with Crippen LogP contribution in [0.5, 0.6) is 0 Å². The van der Waals surface area contributed by atoms with E-state index in [-0.39, 0.29) is 22.9 Å². The van der Waals surface area contributed by atoms with Gasteiger partial charge < -0.3 is 9.47 Å². The van der Waals surface area contributed by atoms with Crippen LogP contribution in [0.25, 0.3) is 10.9 Å². The van der Waals surface area contributed by atoms with Crippen LogP contribution in [0.2, 0.25) is 0 Å². The number of hydrogen-bond donors (Lipinski definition) is 0. The molecule has 20 heavy (non-hydrogen) atoms. The number of Topliss-reactive ketones (excluding diaryl/α,β-unsaturated/α-hetero) is 2. The van der Waals surface area contributed by atoms with E-state index in [1.54, 1.807) is 18.2 Å². The van der Waals surface area contributed by atoms with Gasteiger partial charge in [0.15, 0.2) is 0 Å². The zero-order valence-electron chi connectivity index (χ0n) is 11.0. The highest BCUT2D eigenvalue weighted by Crippen LogP contribution is 2.31. The number of carbonyl (C=O) groups excluding carboxylic acids is 2. The molecule has 1 aliphatic carbocycles. The van der Waals surface area contributed by atoms with Crippen LogP contribution in [0.1, 0.15) is 20.7 Å². The van der Waals surface area contributed by atoms with E-state index in [9.17, 15) is 9.59 Å². The molecule has 100 valence electrons. The van der Waals surface area contributed by atoms with Gasteiger partial charge in [0.05, 0.1) is 25.3 Å². The molecule has 2 aromatic rings. The zero-order valence-corrected chi connectivity index (χ0v) is 11.0. The van der Waals surface area contributed by atoms with Crippen molar-refractivity contribution in [2.75, 3.05) is 14.2 Å². The van der Waals surface area contributed by atoms with E-state index < -0.39 is 5.78 Å². The second-order valence-corrected chi connectivity index (χ2v) is 4.29. The average molecular weight is 269 g/mol. The van der Waals surface area contributed by atoms with Gasteiger partial charge in [0.1, 0.15) is 0 Å². The molecule has 0 fully saturated rings. The number of benzene rings is 1. The Bertz CT molecular complexity index is 777. The van der Waals surface area contributed by atoms with E-state index in [1.807, 2.05) is 6.07 Å². The van der Waals surface area contributed by atoms with Crippen molar-refractivity contribution in [3.05, 3.63) is 53.1 Å². The van der Waals surface area contributed by atoms with Gasteiger partial charge in [-0.1, -0.05) is 18.2 Å². The first-order valence-electron chi connectivity index (χ1n) is 5.98. The summed E-state index contributed by atoms with van der Waals surface area (Å²) in [4.78, 5) is 29.1. The molecule has 1 aliphatic rings. The minimum absolute atomic E-state index is 0.0682. The zero-order chi connectivity index (χ0) is 14.3. The first-order chi connectivity index (χ1) is 9.69. The molecule has 5 heteroatoms. The van der Waals surface area contributed by atoms with Crippen LogP contribution < -0.4 is 0 Å². The Morgan fingerprint density at radius 3 is 2.30 bits per heavy atom. The third-order valence-corrected chi connectivity index (χ3v) is 3.27. The molecule has 0 unspecified atom stereocenters. The van der Waals surface area contributed by atoms with Crippen LogP contribution in [-0.4, -0.2) is 30.8 Å². The fourth-order valence-electron chi connectivity index (χ4n) is 2.37. The Labute approximate surface area is 114 Å². The topological polar surface area (TPSA) is 65.5 Å². The highest BCUT2D eigenvalue weighted by Gasteiger charge is 2.36. The fraction of sp³-hybridized carbons (Fsp3) is 0.133. The summed E-state index contributed by atoms with van der Waals surface area (Å²) in [6, 6.07) is 7.17. The van der Waals surface area contributed by atoms with E-state index >= 15 is 0 Å². The van der Waals surface area contributed by atoms with Crippen LogP contribution in [0.4, 0.5) is 0 Å². The first-order valence-corrected chi connectivity index (χ1v) is 5.98. The molecule has 0 N–H and O–H groups in total. The van der Waals surface area contributed by atoms with Gasteiger partial charge in [0, 0.05) is 17.1 Å².